The minimum atomic E-state index is -3.87. The van der Waals surface area contributed by atoms with E-state index in [1.54, 1.807) is 13.0 Å². The van der Waals surface area contributed by atoms with Crippen molar-refractivity contribution in [2.75, 3.05) is 17.6 Å². The summed E-state index contributed by atoms with van der Waals surface area (Å²) in [5.41, 5.74) is 6.92. The van der Waals surface area contributed by atoms with Gasteiger partial charge in [0.25, 0.3) is 10.0 Å². The molecule has 0 saturated heterocycles. The van der Waals surface area contributed by atoms with Crippen LogP contribution in [0, 0.1) is 6.92 Å². The van der Waals surface area contributed by atoms with E-state index in [0.29, 0.717) is 11.3 Å². The number of aryl methyl sites for hydroxylation is 1. The third-order valence-electron chi connectivity index (χ3n) is 2.83. The monoisotopic (exact) mass is 327 g/mol. The van der Waals surface area contributed by atoms with Crippen molar-refractivity contribution < 1.29 is 13.2 Å². The second-order valence-corrected chi connectivity index (χ2v) is 6.32. The maximum atomic E-state index is 12.5. The van der Waals surface area contributed by atoms with Crippen LogP contribution in [0.2, 0.25) is 5.15 Å². The molecular formula is C13H14ClN3O3S. The molecule has 2 aromatic rings. The maximum Gasteiger partial charge on any atom is 0.265 e. The molecule has 0 fully saturated rings. The minimum absolute atomic E-state index is 0.0291. The molecule has 3 N–H and O–H groups in total. The molecule has 0 atom stereocenters. The Balaban J connectivity index is 2.49. The van der Waals surface area contributed by atoms with Gasteiger partial charge in [0.15, 0.2) is 5.15 Å². The summed E-state index contributed by atoms with van der Waals surface area (Å²) in [7, 11) is -2.50. The summed E-state index contributed by atoms with van der Waals surface area (Å²) < 4.78 is 32.4. The van der Waals surface area contributed by atoms with Crippen LogP contribution in [0.1, 0.15) is 5.56 Å². The van der Waals surface area contributed by atoms with Crippen LogP contribution in [0.3, 0.4) is 0 Å². The molecule has 0 amide bonds. The van der Waals surface area contributed by atoms with Gasteiger partial charge in [0.2, 0.25) is 0 Å². The summed E-state index contributed by atoms with van der Waals surface area (Å²) in [6.45, 7) is 1.73. The highest BCUT2D eigenvalue weighted by Gasteiger charge is 2.22. The van der Waals surface area contributed by atoms with Crippen molar-refractivity contribution in [2.45, 2.75) is 11.8 Å². The zero-order valence-corrected chi connectivity index (χ0v) is 13.0. The Hall–Kier alpha value is -1.99. The Labute approximate surface area is 128 Å². The van der Waals surface area contributed by atoms with Crippen LogP contribution in [-0.2, 0) is 10.0 Å². The number of rotatable bonds is 4. The number of hydrogen-bond acceptors (Lipinski definition) is 5. The molecule has 0 radical (unpaired) electrons. The van der Waals surface area contributed by atoms with E-state index < -0.39 is 10.0 Å². The van der Waals surface area contributed by atoms with Gasteiger partial charge in [-0.1, -0.05) is 11.6 Å². The first-order valence-corrected chi connectivity index (χ1v) is 7.78. The predicted molar refractivity (Wildman–Crippen MR) is 82.2 cm³/mol. The van der Waals surface area contributed by atoms with E-state index in [4.69, 9.17) is 22.1 Å². The van der Waals surface area contributed by atoms with Crippen molar-refractivity contribution in [3.63, 3.8) is 0 Å². The molecule has 6 nitrogen and oxygen atoms in total. The van der Waals surface area contributed by atoms with Gasteiger partial charge in [0, 0.05) is 18.0 Å². The van der Waals surface area contributed by atoms with Crippen LogP contribution < -0.4 is 15.2 Å². The van der Waals surface area contributed by atoms with Gasteiger partial charge in [-0.15, -0.1) is 0 Å². The number of nitrogens with one attached hydrogen (secondary N) is 1. The Morgan fingerprint density at radius 2 is 2.05 bits per heavy atom. The molecule has 112 valence electrons. The molecule has 1 aromatic heterocycles. The first-order valence-electron chi connectivity index (χ1n) is 5.92. The van der Waals surface area contributed by atoms with E-state index in [0.717, 1.165) is 0 Å². The Morgan fingerprint density at radius 3 is 2.67 bits per heavy atom. The molecular weight excluding hydrogens is 314 g/mol. The second kappa shape index (κ2) is 5.79. The van der Waals surface area contributed by atoms with Crippen LogP contribution in [0.25, 0.3) is 0 Å². The molecule has 0 aliphatic rings. The number of benzene rings is 1. The van der Waals surface area contributed by atoms with Gasteiger partial charge < -0.3 is 10.5 Å². The molecule has 0 bridgehead atoms. The number of methoxy groups -OCH3 is 1. The van der Waals surface area contributed by atoms with Gasteiger partial charge >= 0.3 is 0 Å². The lowest BCUT2D eigenvalue weighted by molar-refractivity contribution is 0.403. The number of nitrogens with zero attached hydrogens (tertiary/aromatic N) is 1. The molecule has 0 saturated carbocycles. The van der Waals surface area contributed by atoms with Crippen molar-refractivity contribution in [3.05, 3.63) is 41.2 Å². The summed E-state index contributed by atoms with van der Waals surface area (Å²) in [6, 6.07) is 5.95. The number of aromatic nitrogens is 1. The summed E-state index contributed by atoms with van der Waals surface area (Å²) in [5, 5.41) is 0.0768. The Bertz CT molecular complexity index is 758. The van der Waals surface area contributed by atoms with E-state index in [2.05, 4.69) is 9.71 Å². The zero-order valence-electron chi connectivity index (χ0n) is 11.4. The molecule has 2 rings (SSSR count). The standard InChI is InChI=1S/C13H14ClN3O3S/c1-8-5-6-16-13(14)12(8)17-21(18,19)11-4-3-9(15)7-10(11)20-2/h3-7,17H,15H2,1-2H3. The molecule has 0 aliphatic carbocycles. The van der Waals surface area contributed by atoms with Crippen LogP contribution >= 0.6 is 11.6 Å². The maximum absolute atomic E-state index is 12.5. The van der Waals surface area contributed by atoms with Crippen LogP contribution in [-0.4, -0.2) is 20.5 Å². The Kier molecular flexibility index (Phi) is 4.24. The molecule has 21 heavy (non-hydrogen) atoms. The molecule has 8 heteroatoms. The molecule has 1 heterocycles. The smallest absolute Gasteiger partial charge is 0.265 e. The number of sulfonamides is 1. The topological polar surface area (TPSA) is 94.3 Å². The van der Waals surface area contributed by atoms with Crippen molar-refractivity contribution in [2.24, 2.45) is 0 Å². The summed E-state index contributed by atoms with van der Waals surface area (Å²) in [6.07, 6.45) is 1.50. The number of ether oxygens (including phenoxy) is 1. The van der Waals surface area contributed by atoms with Gasteiger partial charge in [-0.3, -0.25) is 4.72 Å². The van der Waals surface area contributed by atoms with Gasteiger partial charge in [0.1, 0.15) is 10.6 Å². The number of nitrogen functional groups attached to an aromatic ring is 1. The van der Waals surface area contributed by atoms with Gasteiger partial charge in [-0.25, -0.2) is 13.4 Å². The first kappa shape index (κ1) is 15.4. The molecule has 1 aromatic carbocycles. The van der Waals surface area contributed by atoms with Gasteiger partial charge in [-0.05, 0) is 30.7 Å². The lowest BCUT2D eigenvalue weighted by atomic mass is 10.3. The highest BCUT2D eigenvalue weighted by atomic mass is 35.5. The lowest BCUT2D eigenvalue weighted by Crippen LogP contribution is -2.15. The van der Waals surface area contributed by atoms with Crippen molar-refractivity contribution in [1.82, 2.24) is 4.98 Å². The Morgan fingerprint density at radius 1 is 1.33 bits per heavy atom. The number of anilines is 2. The van der Waals surface area contributed by atoms with Crippen molar-refractivity contribution in [1.29, 1.82) is 0 Å². The van der Waals surface area contributed by atoms with Crippen molar-refractivity contribution >= 4 is 33.0 Å². The number of pyridine rings is 1. The van der Waals surface area contributed by atoms with Crippen LogP contribution in [0.15, 0.2) is 35.4 Å². The third-order valence-corrected chi connectivity index (χ3v) is 4.50. The minimum Gasteiger partial charge on any atom is -0.495 e. The second-order valence-electron chi connectivity index (χ2n) is 4.31. The average Bonchev–Trinajstić information content (AvgIpc) is 2.42. The fraction of sp³-hybridized carbons (Fsp3) is 0.154. The van der Waals surface area contributed by atoms with E-state index in [9.17, 15) is 8.42 Å². The summed E-state index contributed by atoms with van der Waals surface area (Å²) >= 11 is 5.93. The predicted octanol–water partition coefficient (Wildman–Crippen LogP) is 2.44. The van der Waals surface area contributed by atoms with Crippen molar-refractivity contribution in [3.8, 4) is 5.75 Å². The number of nitrogens with two attached hydrogens (primary N) is 1. The fourth-order valence-electron chi connectivity index (χ4n) is 1.74. The highest BCUT2D eigenvalue weighted by Crippen LogP contribution is 2.30. The largest absolute Gasteiger partial charge is 0.495 e. The highest BCUT2D eigenvalue weighted by molar-refractivity contribution is 7.92. The van der Waals surface area contributed by atoms with E-state index >= 15 is 0 Å². The first-order chi connectivity index (χ1) is 9.85. The SMILES string of the molecule is COc1cc(N)ccc1S(=O)(=O)Nc1c(C)ccnc1Cl. The molecule has 0 unspecified atom stereocenters. The van der Waals surface area contributed by atoms with Crippen LogP contribution in [0.5, 0.6) is 5.75 Å². The van der Waals surface area contributed by atoms with Gasteiger partial charge in [-0.2, -0.15) is 0 Å². The van der Waals surface area contributed by atoms with E-state index in [1.165, 1.54) is 31.5 Å². The van der Waals surface area contributed by atoms with Crippen LogP contribution in [0.4, 0.5) is 11.4 Å². The molecule has 0 spiro atoms. The third kappa shape index (κ3) is 3.20. The fourth-order valence-corrected chi connectivity index (χ4v) is 3.34. The van der Waals surface area contributed by atoms with Gasteiger partial charge in [0.05, 0.1) is 12.8 Å². The normalized spacial score (nSPS) is 11.2. The average molecular weight is 328 g/mol. The number of hydrogen-bond donors (Lipinski definition) is 2. The van der Waals surface area contributed by atoms with E-state index in [1.807, 2.05) is 0 Å². The summed E-state index contributed by atoms with van der Waals surface area (Å²) in [5.74, 6) is 0.153. The lowest BCUT2D eigenvalue weighted by Gasteiger charge is -2.14. The quantitative estimate of drug-likeness (QED) is 0.664. The van der Waals surface area contributed by atoms with E-state index in [-0.39, 0.29) is 21.5 Å². The molecule has 0 aliphatic heterocycles. The zero-order chi connectivity index (χ0) is 15.6. The summed E-state index contributed by atoms with van der Waals surface area (Å²) in [4.78, 5) is 3.83. The number of halogens is 1.